The van der Waals surface area contributed by atoms with Gasteiger partial charge in [-0.25, -0.2) is 18.2 Å². The number of anilines is 1. The number of amidine groups is 1. The molecule has 0 saturated carbocycles. The van der Waals surface area contributed by atoms with Gasteiger partial charge in [0.1, 0.15) is 10.2 Å². The van der Waals surface area contributed by atoms with E-state index < -0.39 is 20.3 Å². The molecule has 2 aliphatic heterocycles. The standard InChI is InChI=1S/C34H42ClN5O3S2/c1-34(28-13-15-29(16-14-28)39-45(2,42)43)31(35)44-32(38-34)37-33(41)40(23-19-25-17-21-36-22-18-25)24-20-30(26-9-5-3-6-10-26)27-11-7-4-8-12-27/h3-16,25,30-31,36,39H,17-24H2,1-2H3,(H,37,38,41). The maximum absolute atomic E-state index is 13.9. The Kier molecular flexibility index (Phi) is 11.1. The van der Waals surface area contributed by atoms with E-state index in [0.29, 0.717) is 29.9 Å². The van der Waals surface area contributed by atoms with E-state index in [1.54, 1.807) is 12.1 Å². The fraction of sp³-hybridized carbons (Fsp3) is 0.412. The molecule has 3 aromatic rings. The second kappa shape index (κ2) is 15.0. The Morgan fingerprint density at radius 1 is 1.00 bits per heavy atom. The molecule has 2 unspecified atom stereocenters. The van der Waals surface area contributed by atoms with Crippen molar-refractivity contribution in [3.8, 4) is 0 Å². The van der Waals surface area contributed by atoms with Gasteiger partial charge in [-0.3, -0.25) is 10.0 Å². The van der Waals surface area contributed by atoms with Crippen molar-refractivity contribution in [2.24, 2.45) is 10.9 Å². The molecule has 3 aromatic carbocycles. The van der Waals surface area contributed by atoms with E-state index >= 15 is 0 Å². The van der Waals surface area contributed by atoms with E-state index in [2.05, 4.69) is 63.9 Å². The molecule has 2 heterocycles. The number of urea groups is 1. The third-order valence-electron chi connectivity index (χ3n) is 8.62. The van der Waals surface area contributed by atoms with Crippen LogP contribution in [0.3, 0.4) is 0 Å². The molecule has 240 valence electrons. The third-order valence-corrected chi connectivity index (χ3v) is 11.0. The Morgan fingerprint density at radius 2 is 1.60 bits per heavy atom. The highest BCUT2D eigenvalue weighted by Crippen LogP contribution is 2.45. The van der Waals surface area contributed by atoms with E-state index in [-0.39, 0.29) is 11.9 Å². The SMILES string of the molecule is CC1(c2ccc(NS(C)(=O)=O)cc2)N=C(NC(=O)N(CCC2CCNCC2)CCC(c2ccccc2)c2ccccc2)SC1Cl. The second-order valence-electron chi connectivity index (χ2n) is 12.0. The zero-order valence-corrected chi connectivity index (χ0v) is 28.2. The Hall–Kier alpha value is -3.05. The zero-order valence-electron chi connectivity index (χ0n) is 25.8. The molecule has 2 amide bonds. The Morgan fingerprint density at radius 3 is 2.18 bits per heavy atom. The number of amides is 2. The van der Waals surface area contributed by atoms with Crippen molar-refractivity contribution < 1.29 is 13.2 Å². The number of hydrogen-bond donors (Lipinski definition) is 3. The summed E-state index contributed by atoms with van der Waals surface area (Å²) in [6.45, 7) is 5.24. The highest BCUT2D eigenvalue weighted by Gasteiger charge is 2.42. The van der Waals surface area contributed by atoms with Crippen molar-refractivity contribution in [3.05, 3.63) is 102 Å². The first kappa shape index (κ1) is 33.3. The monoisotopic (exact) mass is 667 g/mol. The Bertz CT molecular complexity index is 1510. The fourth-order valence-corrected chi connectivity index (χ4v) is 8.01. The minimum atomic E-state index is -3.38. The summed E-state index contributed by atoms with van der Waals surface area (Å²) in [4.78, 5) is 20.7. The number of nitrogens with one attached hydrogen (secondary N) is 3. The van der Waals surface area contributed by atoms with Crippen molar-refractivity contribution in [3.63, 3.8) is 0 Å². The average molecular weight is 668 g/mol. The molecule has 0 aliphatic carbocycles. The molecule has 11 heteroatoms. The first-order chi connectivity index (χ1) is 21.6. The number of benzene rings is 3. The number of carbonyl (C=O) groups excluding carboxylic acids is 1. The van der Waals surface area contributed by atoms with Gasteiger partial charge in [0.15, 0.2) is 5.17 Å². The van der Waals surface area contributed by atoms with Gasteiger partial charge in [-0.05, 0) is 80.4 Å². The molecule has 0 spiro atoms. The number of carbonyl (C=O) groups is 1. The number of rotatable bonds is 11. The molecule has 8 nitrogen and oxygen atoms in total. The van der Waals surface area contributed by atoms with E-state index in [1.807, 2.05) is 36.1 Å². The second-order valence-corrected chi connectivity index (χ2v) is 15.5. The normalized spacial score (nSPS) is 20.5. The quantitative estimate of drug-likeness (QED) is 0.201. The molecule has 2 atom stereocenters. The van der Waals surface area contributed by atoms with Crippen LogP contribution in [0.15, 0.2) is 89.9 Å². The number of thioether (sulfide) groups is 1. The molecule has 0 aromatic heterocycles. The number of halogens is 1. The zero-order chi connectivity index (χ0) is 31.9. The molecule has 0 bridgehead atoms. The molecule has 45 heavy (non-hydrogen) atoms. The van der Waals surface area contributed by atoms with Gasteiger partial charge >= 0.3 is 6.03 Å². The van der Waals surface area contributed by atoms with Gasteiger partial charge in [-0.1, -0.05) is 84.6 Å². The minimum absolute atomic E-state index is 0.162. The van der Waals surface area contributed by atoms with Crippen molar-refractivity contribution in [2.45, 2.75) is 48.8 Å². The lowest BCUT2D eigenvalue weighted by Crippen LogP contribution is -2.44. The lowest BCUT2D eigenvalue weighted by Gasteiger charge is -2.29. The first-order valence-corrected chi connectivity index (χ1v) is 18.7. The van der Waals surface area contributed by atoms with Crippen LogP contribution in [0.4, 0.5) is 10.5 Å². The Balaban J connectivity index is 1.32. The summed E-state index contributed by atoms with van der Waals surface area (Å²) < 4.78 is 25.3. The highest BCUT2D eigenvalue weighted by molar-refractivity contribution is 8.15. The van der Waals surface area contributed by atoms with Gasteiger partial charge in [-0.15, -0.1) is 11.6 Å². The average Bonchev–Trinajstić information content (AvgIpc) is 3.32. The van der Waals surface area contributed by atoms with Crippen LogP contribution in [0, 0.1) is 5.92 Å². The number of sulfonamides is 1. The van der Waals surface area contributed by atoms with Gasteiger partial charge in [0.2, 0.25) is 10.0 Å². The fourth-order valence-electron chi connectivity index (χ4n) is 6.02. The topological polar surface area (TPSA) is 103 Å². The predicted molar refractivity (Wildman–Crippen MR) is 187 cm³/mol. The van der Waals surface area contributed by atoms with Crippen LogP contribution in [-0.2, 0) is 15.6 Å². The highest BCUT2D eigenvalue weighted by atomic mass is 35.5. The van der Waals surface area contributed by atoms with Gasteiger partial charge in [-0.2, -0.15) is 0 Å². The molecule has 3 N–H and O–H groups in total. The minimum Gasteiger partial charge on any atom is -0.324 e. The molecule has 0 radical (unpaired) electrons. The third kappa shape index (κ3) is 9.03. The molecular formula is C34H42ClN5O3S2. The van der Waals surface area contributed by atoms with Crippen molar-refractivity contribution in [1.82, 2.24) is 15.5 Å². The summed E-state index contributed by atoms with van der Waals surface area (Å²) in [5, 5.41) is 6.99. The number of hydrogen-bond acceptors (Lipinski definition) is 6. The van der Waals surface area contributed by atoms with Crippen LogP contribution in [0.2, 0.25) is 0 Å². The van der Waals surface area contributed by atoms with Gasteiger partial charge in [0, 0.05) is 24.7 Å². The van der Waals surface area contributed by atoms with Crippen LogP contribution >= 0.6 is 23.4 Å². The molecule has 5 rings (SSSR count). The summed E-state index contributed by atoms with van der Waals surface area (Å²) in [6.07, 6.45) is 5.11. The van der Waals surface area contributed by atoms with E-state index in [9.17, 15) is 13.2 Å². The molecule has 1 saturated heterocycles. The number of nitrogens with zero attached hydrogens (tertiary/aromatic N) is 2. The predicted octanol–water partition coefficient (Wildman–Crippen LogP) is 6.56. The smallest absolute Gasteiger partial charge is 0.323 e. The van der Waals surface area contributed by atoms with Crippen molar-refractivity contribution >= 4 is 50.3 Å². The van der Waals surface area contributed by atoms with Crippen LogP contribution in [0.5, 0.6) is 0 Å². The summed E-state index contributed by atoms with van der Waals surface area (Å²) in [5.41, 5.74) is 2.96. The molecule has 1 fully saturated rings. The van der Waals surface area contributed by atoms with Crippen LogP contribution in [0.25, 0.3) is 0 Å². The summed E-state index contributed by atoms with van der Waals surface area (Å²) in [5.74, 6) is 0.755. The maximum atomic E-state index is 13.9. The summed E-state index contributed by atoms with van der Waals surface area (Å²) >= 11 is 8.15. The van der Waals surface area contributed by atoms with Crippen LogP contribution in [-0.4, -0.2) is 61.7 Å². The Labute approximate surface area is 276 Å². The molecular weight excluding hydrogens is 626 g/mol. The van der Waals surface area contributed by atoms with Gasteiger partial charge < -0.3 is 10.2 Å². The van der Waals surface area contributed by atoms with Crippen molar-refractivity contribution in [1.29, 1.82) is 0 Å². The van der Waals surface area contributed by atoms with E-state index in [0.717, 1.165) is 50.6 Å². The van der Waals surface area contributed by atoms with Gasteiger partial charge in [0.05, 0.1) is 6.26 Å². The molecule has 2 aliphatic rings. The number of piperidine rings is 1. The van der Waals surface area contributed by atoms with E-state index in [4.69, 9.17) is 16.6 Å². The number of alkyl halides is 1. The summed E-state index contributed by atoms with van der Waals surface area (Å²) in [7, 11) is -3.38. The van der Waals surface area contributed by atoms with Gasteiger partial charge in [0.25, 0.3) is 0 Å². The lowest BCUT2D eigenvalue weighted by atomic mass is 9.88. The lowest BCUT2D eigenvalue weighted by molar-refractivity contribution is 0.194. The van der Waals surface area contributed by atoms with E-state index in [1.165, 1.54) is 22.9 Å². The first-order valence-electron chi connectivity index (χ1n) is 15.5. The van der Waals surface area contributed by atoms with Crippen molar-refractivity contribution in [2.75, 3.05) is 37.2 Å². The largest absolute Gasteiger partial charge is 0.324 e. The van der Waals surface area contributed by atoms with Crippen LogP contribution in [0.1, 0.15) is 55.2 Å². The maximum Gasteiger partial charge on any atom is 0.323 e. The summed E-state index contributed by atoms with van der Waals surface area (Å²) in [6, 6.07) is 27.8. The van der Waals surface area contributed by atoms with Crippen LogP contribution < -0.4 is 15.4 Å². The number of aliphatic imine (C=N–C) groups is 1.